The summed E-state index contributed by atoms with van der Waals surface area (Å²) in [6.07, 6.45) is 0.962. The van der Waals surface area contributed by atoms with E-state index < -0.39 is 0 Å². The van der Waals surface area contributed by atoms with Crippen molar-refractivity contribution < 1.29 is 9.47 Å². The highest BCUT2D eigenvalue weighted by Gasteiger charge is 2.56. The number of ether oxygens (including phenoxy) is 2. The van der Waals surface area contributed by atoms with Crippen LogP contribution in [0, 0.1) is 0 Å². The van der Waals surface area contributed by atoms with Gasteiger partial charge in [0, 0.05) is 26.6 Å². The van der Waals surface area contributed by atoms with Crippen LogP contribution < -0.4 is 0 Å². The largest absolute Gasteiger partial charge is 0.353 e. The zero-order valence-electron chi connectivity index (χ0n) is 7.99. The minimum Gasteiger partial charge on any atom is -0.353 e. The summed E-state index contributed by atoms with van der Waals surface area (Å²) >= 11 is 0. The SMILES string of the molecule is COC1(OC)CC1c1ccccc1. The highest BCUT2D eigenvalue weighted by molar-refractivity contribution is 5.29. The lowest BCUT2D eigenvalue weighted by molar-refractivity contribution is -0.132. The van der Waals surface area contributed by atoms with Crippen molar-refractivity contribution >= 4 is 0 Å². The van der Waals surface area contributed by atoms with Gasteiger partial charge in [-0.2, -0.15) is 0 Å². The lowest BCUT2D eigenvalue weighted by Crippen LogP contribution is -2.16. The van der Waals surface area contributed by atoms with Crippen LogP contribution in [0.15, 0.2) is 30.3 Å². The fourth-order valence-electron chi connectivity index (χ4n) is 1.82. The maximum Gasteiger partial charge on any atom is 0.175 e. The smallest absolute Gasteiger partial charge is 0.175 e. The summed E-state index contributed by atoms with van der Waals surface area (Å²) in [4.78, 5) is 0. The number of benzene rings is 1. The average Bonchev–Trinajstić information content (AvgIpc) is 2.95. The molecule has 2 rings (SSSR count). The average molecular weight is 178 g/mol. The monoisotopic (exact) mass is 178 g/mol. The normalized spacial score (nSPS) is 24.3. The van der Waals surface area contributed by atoms with Gasteiger partial charge in [-0.05, 0) is 5.56 Å². The van der Waals surface area contributed by atoms with E-state index in [1.807, 2.05) is 18.2 Å². The topological polar surface area (TPSA) is 18.5 Å². The maximum absolute atomic E-state index is 5.34. The summed E-state index contributed by atoms with van der Waals surface area (Å²) in [6.45, 7) is 0. The first-order chi connectivity index (χ1) is 6.32. The number of rotatable bonds is 3. The van der Waals surface area contributed by atoms with Crippen molar-refractivity contribution in [2.45, 2.75) is 18.1 Å². The minimum atomic E-state index is -0.346. The molecule has 2 heteroatoms. The van der Waals surface area contributed by atoms with Crippen LogP contribution in [0.5, 0.6) is 0 Å². The van der Waals surface area contributed by atoms with Crippen LogP contribution in [0.25, 0.3) is 0 Å². The van der Waals surface area contributed by atoms with Crippen LogP contribution in [-0.2, 0) is 9.47 Å². The third kappa shape index (κ3) is 1.36. The van der Waals surface area contributed by atoms with E-state index >= 15 is 0 Å². The molecule has 0 heterocycles. The molecule has 0 bridgehead atoms. The molecule has 1 atom stereocenters. The van der Waals surface area contributed by atoms with Gasteiger partial charge in [-0.1, -0.05) is 30.3 Å². The van der Waals surface area contributed by atoms with Crippen molar-refractivity contribution in [3.63, 3.8) is 0 Å². The lowest BCUT2D eigenvalue weighted by Gasteiger charge is -2.13. The summed E-state index contributed by atoms with van der Waals surface area (Å²) in [7, 11) is 3.40. The molecule has 1 aromatic rings. The van der Waals surface area contributed by atoms with E-state index in [1.165, 1.54) is 5.56 Å². The molecule has 1 unspecified atom stereocenters. The molecule has 13 heavy (non-hydrogen) atoms. The van der Waals surface area contributed by atoms with Gasteiger partial charge >= 0.3 is 0 Å². The molecule has 1 aliphatic carbocycles. The van der Waals surface area contributed by atoms with E-state index in [1.54, 1.807) is 14.2 Å². The zero-order chi connectivity index (χ0) is 9.31. The summed E-state index contributed by atoms with van der Waals surface area (Å²) in [5, 5.41) is 0. The highest BCUT2D eigenvalue weighted by Crippen LogP contribution is 2.54. The molecule has 0 N–H and O–H groups in total. The summed E-state index contributed by atoms with van der Waals surface area (Å²) in [6, 6.07) is 10.3. The molecule has 0 aromatic heterocycles. The van der Waals surface area contributed by atoms with Crippen molar-refractivity contribution in [3.8, 4) is 0 Å². The van der Waals surface area contributed by atoms with Gasteiger partial charge in [0.2, 0.25) is 0 Å². The van der Waals surface area contributed by atoms with Gasteiger partial charge in [0.05, 0.1) is 0 Å². The Balaban J connectivity index is 2.15. The number of hydrogen-bond donors (Lipinski definition) is 0. The molecule has 0 radical (unpaired) electrons. The van der Waals surface area contributed by atoms with E-state index in [2.05, 4.69) is 12.1 Å². The third-order valence-corrected chi connectivity index (χ3v) is 2.75. The van der Waals surface area contributed by atoms with Gasteiger partial charge in [-0.15, -0.1) is 0 Å². The molecule has 70 valence electrons. The molecule has 1 fully saturated rings. The standard InChI is InChI=1S/C11H14O2/c1-12-11(13-2)8-10(11)9-6-4-3-5-7-9/h3-7,10H,8H2,1-2H3. The van der Waals surface area contributed by atoms with Crippen molar-refractivity contribution in [1.82, 2.24) is 0 Å². The van der Waals surface area contributed by atoms with Crippen molar-refractivity contribution in [2.24, 2.45) is 0 Å². The quantitative estimate of drug-likeness (QED) is 0.660. The first-order valence-electron chi connectivity index (χ1n) is 4.47. The van der Waals surface area contributed by atoms with E-state index in [-0.39, 0.29) is 5.79 Å². The lowest BCUT2D eigenvalue weighted by atomic mass is 10.1. The molecular weight excluding hydrogens is 164 g/mol. The fourth-order valence-corrected chi connectivity index (χ4v) is 1.82. The Morgan fingerprint density at radius 2 is 1.77 bits per heavy atom. The van der Waals surface area contributed by atoms with Crippen LogP contribution in [0.1, 0.15) is 17.9 Å². The van der Waals surface area contributed by atoms with E-state index in [4.69, 9.17) is 9.47 Å². The Bertz CT molecular complexity index is 277. The highest BCUT2D eigenvalue weighted by atomic mass is 16.7. The maximum atomic E-state index is 5.34. The number of methoxy groups -OCH3 is 2. The van der Waals surface area contributed by atoms with Gasteiger partial charge in [0.1, 0.15) is 0 Å². The van der Waals surface area contributed by atoms with Gasteiger partial charge in [0.15, 0.2) is 5.79 Å². The van der Waals surface area contributed by atoms with Crippen LogP contribution >= 0.6 is 0 Å². The molecule has 0 amide bonds. The summed E-state index contributed by atoms with van der Waals surface area (Å²) < 4.78 is 10.7. The van der Waals surface area contributed by atoms with Crippen LogP contribution in [-0.4, -0.2) is 20.0 Å². The Labute approximate surface area is 78.5 Å². The van der Waals surface area contributed by atoms with Crippen molar-refractivity contribution in [1.29, 1.82) is 0 Å². The van der Waals surface area contributed by atoms with Crippen LogP contribution in [0.3, 0.4) is 0 Å². The molecule has 0 aliphatic heterocycles. The minimum absolute atomic E-state index is 0.346. The van der Waals surface area contributed by atoms with Gasteiger partial charge < -0.3 is 9.47 Å². The molecular formula is C11H14O2. The molecule has 1 saturated carbocycles. The predicted molar refractivity (Wildman–Crippen MR) is 50.5 cm³/mol. The Morgan fingerprint density at radius 1 is 1.15 bits per heavy atom. The third-order valence-electron chi connectivity index (χ3n) is 2.75. The molecule has 0 saturated heterocycles. The first-order valence-corrected chi connectivity index (χ1v) is 4.47. The summed E-state index contributed by atoms with van der Waals surface area (Å²) in [5.41, 5.74) is 1.30. The second-order valence-electron chi connectivity index (χ2n) is 3.39. The first kappa shape index (κ1) is 8.73. The molecule has 2 nitrogen and oxygen atoms in total. The van der Waals surface area contributed by atoms with Gasteiger partial charge in [-0.3, -0.25) is 0 Å². The fraction of sp³-hybridized carbons (Fsp3) is 0.455. The zero-order valence-corrected chi connectivity index (χ0v) is 7.99. The molecule has 1 aliphatic rings. The number of hydrogen-bond acceptors (Lipinski definition) is 2. The van der Waals surface area contributed by atoms with Gasteiger partial charge in [0.25, 0.3) is 0 Å². The van der Waals surface area contributed by atoms with Crippen molar-refractivity contribution in [2.75, 3.05) is 14.2 Å². The van der Waals surface area contributed by atoms with Gasteiger partial charge in [-0.25, -0.2) is 0 Å². The van der Waals surface area contributed by atoms with E-state index in [9.17, 15) is 0 Å². The summed E-state index contributed by atoms with van der Waals surface area (Å²) in [5.74, 6) is 0.0603. The second-order valence-corrected chi connectivity index (χ2v) is 3.39. The Hall–Kier alpha value is -0.860. The molecule has 1 aromatic carbocycles. The van der Waals surface area contributed by atoms with Crippen LogP contribution in [0.4, 0.5) is 0 Å². The predicted octanol–water partition coefficient (Wildman–Crippen LogP) is 2.16. The molecule has 0 spiro atoms. The van der Waals surface area contributed by atoms with E-state index in [0.717, 1.165) is 6.42 Å². The van der Waals surface area contributed by atoms with E-state index in [0.29, 0.717) is 5.92 Å². The Kier molecular flexibility index (Phi) is 2.10. The second kappa shape index (κ2) is 3.13. The Morgan fingerprint density at radius 3 is 2.23 bits per heavy atom. The van der Waals surface area contributed by atoms with Crippen LogP contribution in [0.2, 0.25) is 0 Å². The van der Waals surface area contributed by atoms with Crippen molar-refractivity contribution in [3.05, 3.63) is 35.9 Å².